The van der Waals surface area contributed by atoms with Gasteiger partial charge in [-0.2, -0.15) is 12.6 Å². The maximum absolute atomic E-state index is 13.3. The number of halogens is 2. The molecule has 0 bridgehead atoms. The van der Waals surface area contributed by atoms with Crippen molar-refractivity contribution in [3.8, 4) is 22.5 Å². The minimum Gasteiger partial charge on any atom is -0.340 e. The number of thiol groups is 1. The van der Waals surface area contributed by atoms with Crippen molar-refractivity contribution in [2.45, 2.75) is 5.25 Å². The van der Waals surface area contributed by atoms with E-state index in [1.54, 1.807) is 30.5 Å². The summed E-state index contributed by atoms with van der Waals surface area (Å²) < 4.78 is 26.7. The number of hydrogen-bond donors (Lipinski definition) is 2. The van der Waals surface area contributed by atoms with Gasteiger partial charge >= 0.3 is 0 Å². The van der Waals surface area contributed by atoms with E-state index in [0.29, 0.717) is 17.2 Å². The molecule has 1 unspecified atom stereocenters. The zero-order chi connectivity index (χ0) is 18.8. The minimum absolute atomic E-state index is 0.317. The van der Waals surface area contributed by atoms with Crippen molar-refractivity contribution in [3.05, 3.63) is 96.1 Å². The van der Waals surface area contributed by atoms with Gasteiger partial charge in [0.05, 0.1) is 17.1 Å². The Labute approximate surface area is 160 Å². The van der Waals surface area contributed by atoms with E-state index >= 15 is 0 Å². The molecule has 0 aliphatic rings. The van der Waals surface area contributed by atoms with Crippen LogP contribution in [0.5, 0.6) is 0 Å². The van der Waals surface area contributed by atoms with E-state index in [1.165, 1.54) is 24.3 Å². The number of imidazole rings is 1. The van der Waals surface area contributed by atoms with Crippen LogP contribution < -0.4 is 0 Å². The van der Waals surface area contributed by atoms with Crippen molar-refractivity contribution in [3.63, 3.8) is 0 Å². The van der Waals surface area contributed by atoms with Crippen LogP contribution in [0.3, 0.4) is 0 Å². The van der Waals surface area contributed by atoms with Crippen LogP contribution in [-0.2, 0) is 0 Å². The molecule has 4 rings (SSSR count). The number of aromatic nitrogens is 3. The summed E-state index contributed by atoms with van der Waals surface area (Å²) in [5, 5.41) is -0.361. The number of benzene rings is 2. The quantitative estimate of drug-likeness (QED) is 0.464. The molecule has 1 atom stereocenters. The maximum Gasteiger partial charge on any atom is 0.126 e. The van der Waals surface area contributed by atoms with Gasteiger partial charge in [-0.1, -0.05) is 6.07 Å². The summed E-state index contributed by atoms with van der Waals surface area (Å²) in [6.45, 7) is 0. The predicted octanol–water partition coefficient (Wildman–Crippen LogP) is 5.44. The molecule has 0 spiro atoms. The molecule has 2 aromatic heterocycles. The molecule has 6 heteroatoms. The second-order valence-electron chi connectivity index (χ2n) is 6.02. The minimum atomic E-state index is -0.361. The van der Waals surface area contributed by atoms with Gasteiger partial charge in [0, 0.05) is 17.3 Å². The molecule has 0 aliphatic heterocycles. The average Bonchev–Trinajstić information content (AvgIpc) is 3.14. The van der Waals surface area contributed by atoms with Gasteiger partial charge in [-0.15, -0.1) is 0 Å². The second kappa shape index (κ2) is 7.32. The highest BCUT2D eigenvalue weighted by molar-refractivity contribution is 7.80. The molecular weight excluding hydrogens is 364 g/mol. The SMILES string of the molecule is Fc1ccc(-c2nc(C(S)c3ccccn3)[nH]c2-c2ccc(F)cc2)cc1. The van der Waals surface area contributed by atoms with Crippen LogP contribution in [-0.4, -0.2) is 15.0 Å². The van der Waals surface area contributed by atoms with E-state index in [1.807, 2.05) is 18.2 Å². The Balaban J connectivity index is 1.84. The molecular formula is C21H15F2N3S. The first-order valence-corrected chi connectivity index (χ1v) is 8.84. The maximum atomic E-state index is 13.3. The third kappa shape index (κ3) is 3.61. The van der Waals surface area contributed by atoms with E-state index < -0.39 is 0 Å². The molecule has 0 fully saturated rings. The van der Waals surface area contributed by atoms with Gasteiger partial charge in [0.25, 0.3) is 0 Å². The number of aromatic amines is 1. The van der Waals surface area contributed by atoms with Crippen LogP contribution in [0, 0.1) is 11.6 Å². The summed E-state index contributed by atoms with van der Waals surface area (Å²) in [6, 6.07) is 17.8. The Morgan fingerprint density at radius 2 is 1.44 bits per heavy atom. The van der Waals surface area contributed by atoms with Crippen LogP contribution in [0.2, 0.25) is 0 Å². The van der Waals surface area contributed by atoms with Gasteiger partial charge in [-0.25, -0.2) is 13.8 Å². The van der Waals surface area contributed by atoms with E-state index in [-0.39, 0.29) is 16.9 Å². The molecule has 4 aromatic rings. The smallest absolute Gasteiger partial charge is 0.126 e. The van der Waals surface area contributed by atoms with Crippen molar-refractivity contribution in [1.29, 1.82) is 0 Å². The summed E-state index contributed by atoms with van der Waals surface area (Å²) in [5.41, 5.74) is 3.64. The number of H-pyrrole nitrogens is 1. The summed E-state index contributed by atoms with van der Waals surface area (Å²) in [5.74, 6) is -0.0311. The van der Waals surface area contributed by atoms with Crippen LogP contribution in [0.25, 0.3) is 22.5 Å². The molecule has 2 aromatic carbocycles. The summed E-state index contributed by atoms with van der Waals surface area (Å²) >= 11 is 4.65. The van der Waals surface area contributed by atoms with Crippen molar-refractivity contribution in [1.82, 2.24) is 15.0 Å². The van der Waals surface area contributed by atoms with Crippen molar-refractivity contribution >= 4 is 12.6 Å². The predicted molar refractivity (Wildman–Crippen MR) is 104 cm³/mol. The molecule has 2 heterocycles. The molecule has 134 valence electrons. The Bertz CT molecular complexity index is 982. The van der Waals surface area contributed by atoms with E-state index in [2.05, 4.69) is 22.6 Å². The van der Waals surface area contributed by atoms with Crippen LogP contribution in [0.1, 0.15) is 16.8 Å². The van der Waals surface area contributed by atoms with Crippen molar-refractivity contribution in [2.24, 2.45) is 0 Å². The monoisotopic (exact) mass is 379 g/mol. The fourth-order valence-corrected chi connectivity index (χ4v) is 3.12. The van der Waals surface area contributed by atoms with Crippen LogP contribution in [0.4, 0.5) is 8.78 Å². The van der Waals surface area contributed by atoms with Gasteiger partial charge in [-0.05, 0) is 60.7 Å². The number of nitrogens with one attached hydrogen (secondary N) is 1. The van der Waals surface area contributed by atoms with Crippen molar-refractivity contribution in [2.75, 3.05) is 0 Å². The summed E-state index contributed by atoms with van der Waals surface area (Å²) in [4.78, 5) is 12.3. The Morgan fingerprint density at radius 3 is 2.04 bits per heavy atom. The number of hydrogen-bond acceptors (Lipinski definition) is 3. The normalized spacial score (nSPS) is 12.1. The lowest BCUT2D eigenvalue weighted by Crippen LogP contribution is -1.98. The molecule has 0 saturated carbocycles. The molecule has 0 radical (unpaired) electrons. The third-order valence-corrected chi connectivity index (χ3v) is 4.71. The molecule has 27 heavy (non-hydrogen) atoms. The van der Waals surface area contributed by atoms with Gasteiger partial charge in [0.1, 0.15) is 22.7 Å². The number of nitrogens with zero attached hydrogens (tertiary/aromatic N) is 2. The van der Waals surface area contributed by atoms with Gasteiger partial charge in [-0.3, -0.25) is 4.98 Å². The second-order valence-corrected chi connectivity index (χ2v) is 6.53. The lowest BCUT2D eigenvalue weighted by Gasteiger charge is -2.06. The lowest BCUT2D eigenvalue weighted by atomic mass is 10.1. The van der Waals surface area contributed by atoms with Gasteiger partial charge < -0.3 is 4.98 Å². The zero-order valence-corrected chi connectivity index (χ0v) is 15.0. The standard InChI is InChI=1S/C21H15F2N3S/c22-15-8-4-13(5-9-15)18-19(14-6-10-16(23)11-7-14)26-21(25-18)20(27)17-3-1-2-12-24-17/h1-12,20,27H,(H,25,26). The van der Waals surface area contributed by atoms with E-state index in [4.69, 9.17) is 4.98 Å². The third-order valence-electron chi connectivity index (χ3n) is 4.20. The highest BCUT2D eigenvalue weighted by atomic mass is 32.1. The van der Waals surface area contributed by atoms with Crippen LogP contribution in [0.15, 0.2) is 72.9 Å². The highest BCUT2D eigenvalue weighted by Crippen LogP contribution is 2.34. The van der Waals surface area contributed by atoms with Crippen LogP contribution >= 0.6 is 12.6 Å². The first-order chi connectivity index (χ1) is 13.1. The molecule has 0 aliphatic carbocycles. The van der Waals surface area contributed by atoms with Crippen molar-refractivity contribution < 1.29 is 8.78 Å². The molecule has 1 N–H and O–H groups in total. The zero-order valence-electron chi connectivity index (χ0n) is 14.1. The topological polar surface area (TPSA) is 41.6 Å². The largest absolute Gasteiger partial charge is 0.340 e. The van der Waals surface area contributed by atoms with Gasteiger partial charge in [0.2, 0.25) is 0 Å². The molecule has 0 saturated heterocycles. The van der Waals surface area contributed by atoms with Gasteiger partial charge in [0.15, 0.2) is 0 Å². The molecule has 0 amide bonds. The summed E-state index contributed by atoms with van der Waals surface area (Å²) in [6.07, 6.45) is 1.70. The highest BCUT2D eigenvalue weighted by Gasteiger charge is 2.20. The first kappa shape index (κ1) is 17.4. The van der Waals surface area contributed by atoms with E-state index in [9.17, 15) is 8.78 Å². The fraction of sp³-hybridized carbons (Fsp3) is 0.0476. The first-order valence-electron chi connectivity index (χ1n) is 8.32. The summed E-state index contributed by atoms with van der Waals surface area (Å²) in [7, 11) is 0. The fourth-order valence-electron chi connectivity index (χ4n) is 2.84. The number of rotatable bonds is 4. The lowest BCUT2D eigenvalue weighted by molar-refractivity contribution is 0.627. The van der Waals surface area contributed by atoms with E-state index in [0.717, 1.165) is 16.8 Å². The molecule has 3 nitrogen and oxygen atoms in total. The Morgan fingerprint density at radius 1 is 0.815 bits per heavy atom. The number of pyridine rings is 1. The Hall–Kier alpha value is -2.99. The average molecular weight is 379 g/mol. The Kier molecular flexibility index (Phi) is 4.73.